The topological polar surface area (TPSA) is 68.8 Å². The second-order valence-electron chi connectivity index (χ2n) is 6.31. The highest BCUT2D eigenvalue weighted by Crippen LogP contribution is 2.07. The Morgan fingerprint density at radius 1 is 1.15 bits per heavy atom. The molecule has 1 aromatic carbocycles. The molecule has 3 N–H and O–H groups in total. The Morgan fingerprint density at radius 3 is 2.62 bits per heavy atom. The largest absolute Gasteiger partial charge is 0.355 e. The van der Waals surface area contributed by atoms with Crippen molar-refractivity contribution in [3.05, 3.63) is 35.4 Å². The van der Waals surface area contributed by atoms with E-state index in [0.717, 1.165) is 24.6 Å². The number of carbonyl (C=O) groups is 1. The number of aliphatic imine (C=N–C) groups is 1. The van der Waals surface area contributed by atoms with E-state index >= 15 is 0 Å². The first kappa shape index (κ1) is 22.7. The van der Waals surface area contributed by atoms with Crippen molar-refractivity contribution < 1.29 is 4.79 Å². The Bertz CT molecular complexity index is 573. The first-order valence-corrected chi connectivity index (χ1v) is 9.27. The van der Waals surface area contributed by atoms with E-state index in [9.17, 15) is 4.79 Å². The first-order chi connectivity index (χ1) is 12.2. The highest BCUT2D eigenvalue weighted by Gasteiger charge is 2.09. The quantitative estimate of drug-likeness (QED) is 0.323. The number of likely N-dealkylation sites (tertiary alicyclic amines) is 1. The van der Waals surface area contributed by atoms with Gasteiger partial charge in [0.05, 0.1) is 0 Å². The zero-order valence-electron chi connectivity index (χ0n) is 15.9. The maximum atomic E-state index is 11.9. The number of nitrogens with zero attached hydrogens (tertiary/aromatic N) is 2. The molecule has 6 nitrogen and oxygen atoms in total. The molecule has 1 aliphatic rings. The molecule has 146 valence electrons. The number of hydrogen-bond donors (Lipinski definition) is 3. The second-order valence-corrected chi connectivity index (χ2v) is 6.31. The van der Waals surface area contributed by atoms with Crippen molar-refractivity contribution in [2.45, 2.75) is 32.7 Å². The van der Waals surface area contributed by atoms with Crippen LogP contribution >= 0.6 is 24.0 Å². The molecule has 0 aliphatic carbocycles. The van der Waals surface area contributed by atoms with Gasteiger partial charge in [-0.2, -0.15) is 0 Å². The lowest BCUT2D eigenvalue weighted by Gasteiger charge is -2.26. The molecule has 0 atom stereocenters. The fourth-order valence-corrected chi connectivity index (χ4v) is 3.01. The van der Waals surface area contributed by atoms with E-state index in [1.807, 2.05) is 31.2 Å². The maximum absolute atomic E-state index is 11.9. The van der Waals surface area contributed by atoms with Gasteiger partial charge < -0.3 is 20.9 Å². The highest BCUT2D eigenvalue weighted by molar-refractivity contribution is 14.0. The van der Waals surface area contributed by atoms with Gasteiger partial charge in [-0.15, -0.1) is 24.0 Å². The van der Waals surface area contributed by atoms with Gasteiger partial charge in [-0.25, -0.2) is 0 Å². The minimum atomic E-state index is -0.0339. The predicted octanol–water partition coefficient (Wildman–Crippen LogP) is 2.21. The summed E-state index contributed by atoms with van der Waals surface area (Å²) in [5, 5.41) is 9.50. The molecule has 0 aromatic heterocycles. The Balaban J connectivity index is 0.00000338. The smallest absolute Gasteiger partial charge is 0.251 e. The summed E-state index contributed by atoms with van der Waals surface area (Å²) in [6.45, 7) is 7.54. The summed E-state index contributed by atoms with van der Waals surface area (Å²) in [5.41, 5.74) is 1.75. The van der Waals surface area contributed by atoms with E-state index in [2.05, 4.69) is 25.8 Å². The molecule has 1 aliphatic heterocycles. The van der Waals surface area contributed by atoms with Crippen molar-refractivity contribution in [1.82, 2.24) is 20.9 Å². The summed E-state index contributed by atoms with van der Waals surface area (Å²) in [4.78, 5) is 18.7. The number of benzene rings is 1. The average molecular weight is 473 g/mol. The lowest BCUT2D eigenvalue weighted by molar-refractivity contribution is 0.0955. The zero-order valence-corrected chi connectivity index (χ0v) is 18.2. The summed E-state index contributed by atoms with van der Waals surface area (Å²) in [7, 11) is 1.78. The van der Waals surface area contributed by atoms with Crippen LogP contribution in [0.1, 0.15) is 42.1 Å². The number of rotatable bonds is 7. The Kier molecular flexibility index (Phi) is 11.3. The SMILES string of the molecule is CCNC(=O)c1cccc(CNC(=NC)NCCN2CCCCC2)c1.I. The normalized spacial score (nSPS) is 15.1. The molecular formula is C19H32IN5O. The summed E-state index contributed by atoms with van der Waals surface area (Å²) < 4.78 is 0. The number of piperidine rings is 1. The van der Waals surface area contributed by atoms with Crippen LogP contribution in [0.25, 0.3) is 0 Å². The van der Waals surface area contributed by atoms with Crippen molar-refractivity contribution in [2.24, 2.45) is 4.99 Å². The minimum Gasteiger partial charge on any atom is -0.355 e. The molecular weight excluding hydrogens is 441 g/mol. The van der Waals surface area contributed by atoms with Crippen LogP contribution in [0.2, 0.25) is 0 Å². The Morgan fingerprint density at radius 2 is 1.92 bits per heavy atom. The van der Waals surface area contributed by atoms with Crippen molar-refractivity contribution >= 4 is 35.8 Å². The molecule has 1 fully saturated rings. The molecule has 0 bridgehead atoms. The summed E-state index contributed by atoms with van der Waals surface area (Å²) in [6, 6.07) is 7.67. The zero-order chi connectivity index (χ0) is 17.9. The van der Waals surface area contributed by atoms with Gasteiger partial charge in [-0.05, 0) is 50.6 Å². The van der Waals surface area contributed by atoms with Crippen LogP contribution in [-0.4, -0.2) is 56.5 Å². The number of guanidine groups is 1. The van der Waals surface area contributed by atoms with Crippen LogP contribution in [0.5, 0.6) is 0 Å². The highest BCUT2D eigenvalue weighted by atomic mass is 127. The molecule has 1 aromatic rings. The Hall–Kier alpha value is -1.35. The van der Waals surface area contributed by atoms with E-state index < -0.39 is 0 Å². The van der Waals surface area contributed by atoms with Crippen LogP contribution in [0.4, 0.5) is 0 Å². The van der Waals surface area contributed by atoms with Gasteiger partial charge >= 0.3 is 0 Å². The van der Waals surface area contributed by atoms with Crippen LogP contribution in [0.3, 0.4) is 0 Å². The molecule has 1 heterocycles. The Labute approximate surface area is 174 Å². The fraction of sp³-hybridized carbons (Fsp3) is 0.579. The van der Waals surface area contributed by atoms with Gasteiger partial charge in [0, 0.05) is 38.8 Å². The van der Waals surface area contributed by atoms with E-state index in [1.54, 1.807) is 7.05 Å². The number of nitrogens with one attached hydrogen (secondary N) is 3. The molecule has 0 unspecified atom stereocenters. The predicted molar refractivity (Wildman–Crippen MR) is 118 cm³/mol. The third-order valence-corrected chi connectivity index (χ3v) is 4.38. The molecule has 1 amide bonds. The van der Waals surface area contributed by atoms with Crippen LogP contribution < -0.4 is 16.0 Å². The second kappa shape index (κ2) is 12.9. The monoisotopic (exact) mass is 473 g/mol. The molecule has 7 heteroatoms. The van der Waals surface area contributed by atoms with E-state index in [4.69, 9.17) is 0 Å². The number of amides is 1. The number of hydrogen-bond acceptors (Lipinski definition) is 3. The van der Waals surface area contributed by atoms with Crippen molar-refractivity contribution in [1.29, 1.82) is 0 Å². The minimum absolute atomic E-state index is 0. The standard InChI is InChI=1S/C19H31N5O.HI/c1-3-21-18(25)17-9-7-8-16(14-17)15-23-19(20-2)22-10-13-24-11-5-4-6-12-24;/h7-9,14H,3-6,10-13,15H2,1-2H3,(H,21,25)(H2,20,22,23);1H. The summed E-state index contributed by atoms with van der Waals surface area (Å²) in [5.74, 6) is 0.758. The molecule has 26 heavy (non-hydrogen) atoms. The van der Waals surface area contributed by atoms with Crippen LogP contribution in [0.15, 0.2) is 29.3 Å². The maximum Gasteiger partial charge on any atom is 0.251 e. The van der Waals surface area contributed by atoms with Gasteiger partial charge in [0.25, 0.3) is 5.91 Å². The van der Waals surface area contributed by atoms with Gasteiger partial charge in [0.2, 0.25) is 0 Å². The van der Waals surface area contributed by atoms with Crippen LogP contribution in [-0.2, 0) is 6.54 Å². The van der Waals surface area contributed by atoms with Crippen LogP contribution in [0, 0.1) is 0 Å². The van der Waals surface area contributed by atoms with Crippen molar-refractivity contribution in [2.75, 3.05) is 39.8 Å². The van der Waals surface area contributed by atoms with Gasteiger partial charge in [0.1, 0.15) is 0 Å². The van der Waals surface area contributed by atoms with Gasteiger partial charge in [-0.3, -0.25) is 9.79 Å². The number of carbonyl (C=O) groups excluding carboxylic acids is 1. The van der Waals surface area contributed by atoms with E-state index in [-0.39, 0.29) is 29.9 Å². The fourth-order valence-electron chi connectivity index (χ4n) is 3.01. The molecule has 0 saturated carbocycles. The third-order valence-electron chi connectivity index (χ3n) is 4.38. The molecule has 2 rings (SSSR count). The number of halogens is 1. The van der Waals surface area contributed by atoms with E-state index in [0.29, 0.717) is 18.7 Å². The molecule has 0 spiro atoms. The average Bonchev–Trinajstić information content (AvgIpc) is 2.66. The summed E-state index contributed by atoms with van der Waals surface area (Å²) in [6.07, 6.45) is 3.99. The van der Waals surface area contributed by atoms with Gasteiger partial charge in [0.15, 0.2) is 5.96 Å². The lowest BCUT2D eigenvalue weighted by atomic mass is 10.1. The van der Waals surface area contributed by atoms with Crippen molar-refractivity contribution in [3.63, 3.8) is 0 Å². The first-order valence-electron chi connectivity index (χ1n) is 9.27. The molecule has 1 saturated heterocycles. The lowest BCUT2D eigenvalue weighted by Crippen LogP contribution is -2.42. The molecule has 0 radical (unpaired) electrons. The summed E-state index contributed by atoms with van der Waals surface area (Å²) >= 11 is 0. The van der Waals surface area contributed by atoms with E-state index in [1.165, 1.54) is 32.4 Å². The van der Waals surface area contributed by atoms with Gasteiger partial charge in [-0.1, -0.05) is 18.6 Å². The third kappa shape index (κ3) is 7.90. The van der Waals surface area contributed by atoms with Crippen molar-refractivity contribution in [3.8, 4) is 0 Å².